The van der Waals surface area contributed by atoms with Crippen LogP contribution in [0.4, 0.5) is 0 Å². The van der Waals surface area contributed by atoms with Crippen LogP contribution in [0.3, 0.4) is 0 Å². The minimum atomic E-state index is -1.02. The van der Waals surface area contributed by atoms with Gasteiger partial charge in [0.2, 0.25) is 5.91 Å². The van der Waals surface area contributed by atoms with Gasteiger partial charge in [-0.2, -0.15) is 0 Å². The number of ether oxygens (including phenoxy) is 1. The summed E-state index contributed by atoms with van der Waals surface area (Å²) < 4.78 is 5.58. The van der Waals surface area contributed by atoms with Gasteiger partial charge in [0.1, 0.15) is 11.8 Å². The quantitative estimate of drug-likeness (QED) is 0.809. The summed E-state index contributed by atoms with van der Waals surface area (Å²) in [7, 11) is 0. The SMILES string of the molecule is Cc1ccc(C)c(OCCC(=O)N[C@H](C(=O)O)C(C)C)c1. The van der Waals surface area contributed by atoms with Crippen molar-refractivity contribution in [3.63, 3.8) is 0 Å². The number of carbonyl (C=O) groups is 2. The Hall–Kier alpha value is -2.04. The molecule has 1 aromatic rings. The summed E-state index contributed by atoms with van der Waals surface area (Å²) >= 11 is 0. The highest BCUT2D eigenvalue weighted by Crippen LogP contribution is 2.19. The van der Waals surface area contributed by atoms with E-state index in [1.165, 1.54) is 0 Å². The Morgan fingerprint density at radius 3 is 2.52 bits per heavy atom. The number of amides is 1. The average Bonchev–Trinajstić information content (AvgIpc) is 2.39. The lowest BCUT2D eigenvalue weighted by Gasteiger charge is -2.18. The molecule has 5 nitrogen and oxygen atoms in total. The molecule has 5 heteroatoms. The molecule has 0 aliphatic heterocycles. The molecule has 21 heavy (non-hydrogen) atoms. The molecule has 0 saturated carbocycles. The van der Waals surface area contributed by atoms with Crippen molar-refractivity contribution in [3.05, 3.63) is 29.3 Å². The first-order valence-electron chi connectivity index (χ1n) is 7.03. The Bertz CT molecular complexity index is 511. The number of aryl methyl sites for hydroxylation is 2. The molecule has 0 spiro atoms. The van der Waals surface area contributed by atoms with Crippen LogP contribution in [0.5, 0.6) is 5.75 Å². The van der Waals surface area contributed by atoms with Crippen molar-refractivity contribution in [2.24, 2.45) is 5.92 Å². The van der Waals surface area contributed by atoms with Gasteiger partial charge in [-0.05, 0) is 37.0 Å². The van der Waals surface area contributed by atoms with E-state index < -0.39 is 12.0 Å². The van der Waals surface area contributed by atoms with E-state index in [4.69, 9.17) is 9.84 Å². The first-order valence-corrected chi connectivity index (χ1v) is 7.03. The van der Waals surface area contributed by atoms with Gasteiger partial charge < -0.3 is 15.2 Å². The Morgan fingerprint density at radius 2 is 1.95 bits per heavy atom. The zero-order chi connectivity index (χ0) is 16.0. The van der Waals surface area contributed by atoms with Crippen molar-refractivity contribution >= 4 is 11.9 Å². The molecular formula is C16H23NO4. The highest BCUT2D eigenvalue weighted by atomic mass is 16.5. The van der Waals surface area contributed by atoms with Crippen LogP contribution >= 0.6 is 0 Å². The van der Waals surface area contributed by atoms with Crippen molar-refractivity contribution in [2.45, 2.75) is 40.2 Å². The van der Waals surface area contributed by atoms with Crippen LogP contribution in [0.1, 0.15) is 31.4 Å². The standard InChI is InChI=1S/C16H23NO4/c1-10(2)15(16(19)20)17-14(18)7-8-21-13-9-11(3)5-6-12(13)4/h5-6,9-10,15H,7-8H2,1-4H3,(H,17,18)(H,19,20)/t15-/m0/s1. The van der Waals surface area contributed by atoms with Crippen molar-refractivity contribution in [3.8, 4) is 5.75 Å². The van der Waals surface area contributed by atoms with Crippen molar-refractivity contribution in [1.82, 2.24) is 5.32 Å². The molecular weight excluding hydrogens is 270 g/mol. The van der Waals surface area contributed by atoms with E-state index in [1.54, 1.807) is 13.8 Å². The summed E-state index contributed by atoms with van der Waals surface area (Å²) in [6.07, 6.45) is 0.129. The van der Waals surface area contributed by atoms with Crippen LogP contribution in [0.25, 0.3) is 0 Å². The van der Waals surface area contributed by atoms with Gasteiger partial charge in [0, 0.05) is 0 Å². The van der Waals surface area contributed by atoms with Gasteiger partial charge in [0.15, 0.2) is 0 Å². The van der Waals surface area contributed by atoms with E-state index in [1.807, 2.05) is 32.0 Å². The molecule has 0 aliphatic carbocycles. The molecule has 2 N–H and O–H groups in total. The van der Waals surface area contributed by atoms with Gasteiger partial charge in [0.05, 0.1) is 13.0 Å². The van der Waals surface area contributed by atoms with Gasteiger partial charge in [-0.15, -0.1) is 0 Å². The van der Waals surface area contributed by atoms with Crippen molar-refractivity contribution in [1.29, 1.82) is 0 Å². The fourth-order valence-corrected chi connectivity index (χ4v) is 1.88. The Kier molecular flexibility index (Phi) is 6.21. The third-order valence-corrected chi connectivity index (χ3v) is 3.18. The molecule has 1 aromatic carbocycles. The number of hydrogen-bond acceptors (Lipinski definition) is 3. The Morgan fingerprint density at radius 1 is 1.29 bits per heavy atom. The van der Waals surface area contributed by atoms with Gasteiger partial charge >= 0.3 is 5.97 Å². The summed E-state index contributed by atoms with van der Waals surface area (Å²) in [5.41, 5.74) is 2.09. The van der Waals surface area contributed by atoms with E-state index in [9.17, 15) is 9.59 Å². The molecule has 0 unspecified atom stereocenters. The lowest BCUT2D eigenvalue weighted by Crippen LogP contribution is -2.44. The topological polar surface area (TPSA) is 75.6 Å². The maximum atomic E-state index is 11.7. The largest absolute Gasteiger partial charge is 0.493 e. The molecule has 1 rings (SSSR count). The molecule has 0 bridgehead atoms. The smallest absolute Gasteiger partial charge is 0.326 e. The predicted octanol–water partition coefficient (Wildman–Crippen LogP) is 2.30. The van der Waals surface area contributed by atoms with Gasteiger partial charge in [-0.25, -0.2) is 4.79 Å². The molecule has 116 valence electrons. The van der Waals surface area contributed by atoms with Crippen LogP contribution in [0.2, 0.25) is 0 Å². The predicted molar refractivity (Wildman–Crippen MR) is 80.4 cm³/mol. The van der Waals surface area contributed by atoms with Crippen LogP contribution in [0.15, 0.2) is 18.2 Å². The van der Waals surface area contributed by atoms with Crippen LogP contribution < -0.4 is 10.1 Å². The lowest BCUT2D eigenvalue weighted by molar-refractivity contribution is -0.143. The summed E-state index contributed by atoms with van der Waals surface area (Å²) in [5, 5.41) is 11.5. The minimum absolute atomic E-state index is 0.129. The van der Waals surface area contributed by atoms with Crippen LogP contribution in [0, 0.1) is 19.8 Å². The molecule has 1 atom stereocenters. The second-order valence-electron chi connectivity index (χ2n) is 5.49. The molecule has 0 aliphatic rings. The maximum Gasteiger partial charge on any atom is 0.326 e. The number of carboxylic acids is 1. The number of carbonyl (C=O) groups excluding carboxylic acids is 1. The highest BCUT2D eigenvalue weighted by molar-refractivity contribution is 5.83. The molecule has 0 radical (unpaired) electrons. The molecule has 0 saturated heterocycles. The van der Waals surface area contributed by atoms with Crippen molar-refractivity contribution < 1.29 is 19.4 Å². The first kappa shape index (κ1) is 17.0. The maximum absolute atomic E-state index is 11.7. The molecule has 0 fully saturated rings. The van der Waals surface area contributed by atoms with Crippen molar-refractivity contribution in [2.75, 3.05) is 6.61 Å². The zero-order valence-electron chi connectivity index (χ0n) is 13.0. The van der Waals surface area contributed by atoms with Crippen LogP contribution in [-0.2, 0) is 9.59 Å². The third kappa shape index (κ3) is 5.45. The van der Waals surface area contributed by atoms with Crippen LogP contribution in [-0.4, -0.2) is 29.6 Å². The lowest BCUT2D eigenvalue weighted by atomic mass is 10.0. The van der Waals surface area contributed by atoms with E-state index in [-0.39, 0.29) is 24.9 Å². The fourth-order valence-electron chi connectivity index (χ4n) is 1.88. The molecule has 0 heterocycles. The Labute approximate surface area is 125 Å². The number of hydrogen-bond donors (Lipinski definition) is 2. The second kappa shape index (κ2) is 7.67. The highest BCUT2D eigenvalue weighted by Gasteiger charge is 2.23. The Balaban J connectivity index is 2.46. The summed E-state index contributed by atoms with van der Waals surface area (Å²) in [5.74, 6) is -0.747. The number of aliphatic carboxylic acids is 1. The van der Waals surface area contributed by atoms with E-state index in [2.05, 4.69) is 5.32 Å². The number of rotatable bonds is 7. The van der Waals surface area contributed by atoms with E-state index in [0.29, 0.717) is 0 Å². The first-order chi connectivity index (χ1) is 9.81. The minimum Gasteiger partial charge on any atom is -0.493 e. The van der Waals surface area contributed by atoms with Gasteiger partial charge in [-0.3, -0.25) is 4.79 Å². The fraction of sp³-hybridized carbons (Fsp3) is 0.500. The monoisotopic (exact) mass is 293 g/mol. The van der Waals surface area contributed by atoms with E-state index >= 15 is 0 Å². The summed E-state index contributed by atoms with van der Waals surface area (Å²) in [6, 6.07) is 5.01. The third-order valence-electron chi connectivity index (χ3n) is 3.18. The summed E-state index contributed by atoms with van der Waals surface area (Å²) in [6.45, 7) is 7.64. The summed E-state index contributed by atoms with van der Waals surface area (Å²) in [4.78, 5) is 22.8. The van der Waals surface area contributed by atoms with E-state index in [0.717, 1.165) is 16.9 Å². The molecule has 1 amide bonds. The second-order valence-corrected chi connectivity index (χ2v) is 5.49. The number of benzene rings is 1. The zero-order valence-corrected chi connectivity index (χ0v) is 13.0. The average molecular weight is 293 g/mol. The normalized spacial score (nSPS) is 12.0. The molecule has 0 aromatic heterocycles. The van der Waals surface area contributed by atoms with Gasteiger partial charge in [0.25, 0.3) is 0 Å². The number of carboxylic acid groups (broad SMARTS) is 1. The van der Waals surface area contributed by atoms with Gasteiger partial charge in [-0.1, -0.05) is 26.0 Å². The number of nitrogens with one attached hydrogen (secondary N) is 1.